The van der Waals surface area contributed by atoms with Gasteiger partial charge in [-0.25, -0.2) is 0 Å². The molecular formula is C13H18ClNO. The molecule has 1 aliphatic carbocycles. The van der Waals surface area contributed by atoms with Crippen molar-refractivity contribution in [1.29, 1.82) is 0 Å². The SMILES string of the molecule is NCC1(COc2ccc(Cl)cc2)CCCC1. The monoisotopic (exact) mass is 239 g/mol. The minimum absolute atomic E-state index is 0.208. The third-order valence-electron chi connectivity index (χ3n) is 3.46. The molecule has 0 spiro atoms. The molecule has 88 valence electrons. The average Bonchev–Trinajstić information content (AvgIpc) is 2.78. The summed E-state index contributed by atoms with van der Waals surface area (Å²) in [4.78, 5) is 0. The van der Waals surface area contributed by atoms with E-state index in [4.69, 9.17) is 22.1 Å². The Labute approximate surface area is 102 Å². The van der Waals surface area contributed by atoms with Gasteiger partial charge in [-0.15, -0.1) is 0 Å². The molecule has 1 aromatic rings. The molecule has 1 saturated carbocycles. The average molecular weight is 240 g/mol. The maximum Gasteiger partial charge on any atom is 0.119 e. The van der Waals surface area contributed by atoms with Crippen LogP contribution >= 0.6 is 11.6 Å². The lowest BCUT2D eigenvalue weighted by Gasteiger charge is -2.26. The second-order valence-electron chi connectivity index (χ2n) is 4.65. The molecule has 0 bridgehead atoms. The summed E-state index contributed by atoms with van der Waals surface area (Å²) in [6, 6.07) is 7.50. The smallest absolute Gasteiger partial charge is 0.119 e. The zero-order chi connectivity index (χ0) is 11.4. The summed E-state index contributed by atoms with van der Waals surface area (Å²) in [5.74, 6) is 0.879. The van der Waals surface area contributed by atoms with Gasteiger partial charge in [0.1, 0.15) is 5.75 Å². The minimum atomic E-state index is 0.208. The summed E-state index contributed by atoms with van der Waals surface area (Å²) < 4.78 is 5.80. The van der Waals surface area contributed by atoms with Crippen LogP contribution in [0.15, 0.2) is 24.3 Å². The summed E-state index contributed by atoms with van der Waals surface area (Å²) in [5.41, 5.74) is 6.06. The Bertz CT molecular complexity index is 330. The quantitative estimate of drug-likeness (QED) is 0.876. The predicted molar refractivity (Wildman–Crippen MR) is 66.9 cm³/mol. The fraction of sp³-hybridized carbons (Fsp3) is 0.538. The van der Waals surface area contributed by atoms with E-state index in [2.05, 4.69) is 0 Å². The predicted octanol–water partition coefficient (Wildman–Crippen LogP) is 3.24. The van der Waals surface area contributed by atoms with Crippen LogP contribution in [0.1, 0.15) is 25.7 Å². The zero-order valence-corrected chi connectivity index (χ0v) is 10.2. The van der Waals surface area contributed by atoms with E-state index in [1.165, 1.54) is 25.7 Å². The summed E-state index contributed by atoms with van der Waals surface area (Å²) in [7, 11) is 0. The third kappa shape index (κ3) is 2.69. The standard InChI is InChI=1S/C13H18ClNO/c14-11-3-5-12(6-4-11)16-10-13(9-15)7-1-2-8-13/h3-6H,1-2,7-10,15H2. The number of hydrogen-bond donors (Lipinski definition) is 1. The molecule has 1 fully saturated rings. The van der Waals surface area contributed by atoms with Gasteiger partial charge in [0.2, 0.25) is 0 Å². The molecule has 0 heterocycles. The second kappa shape index (κ2) is 5.07. The third-order valence-corrected chi connectivity index (χ3v) is 3.71. The lowest BCUT2D eigenvalue weighted by molar-refractivity contribution is 0.157. The van der Waals surface area contributed by atoms with Crippen molar-refractivity contribution in [1.82, 2.24) is 0 Å². The van der Waals surface area contributed by atoms with Gasteiger partial charge in [-0.2, -0.15) is 0 Å². The molecule has 1 aromatic carbocycles. The number of benzene rings is 1. The Hall–Kier alpha value is -0.730. The number of halogens is 1. The molecule has 0 radical (unpaired) electrons. The van der Waals surface area contributed by atoms with E-state index >= 15 is 0 Å². The molecule has 0 unspecified atom stereocenters. The molecule has 2 N–H and O–H groups in total. The first-order valence-electron chi connectivity index (χ1n) is 5.83. The van der Waals surface area contributed by atoms with Gasteiger partial charge in [0.15, 0.2) is 0 Å². The van der Waals surface area contributed by atoms with E-state index in [1.807, 2.05) is 24.3 Å². The number of rotatable bonds is 4. The molecule has 0 aromatic heterocycles. The Kier molecular flexibility index (Phi) is 3.72. The van der Waals surface area contributed by atoms with Crippen molar-refractivity contribution in [3.8, 4) is 5.75 Å². The highest BCUT2D eigenvalue weighted by molar-refractivity contribution is 6.30. The summed E-state index contributed by atoms with van der Waals surface area (Å²) in [6.07, 6.45) is 4.94. The van der Waals surface area contributed by atoms with E-state index in [0.717, 1.165) is 23.9 Å². The number of hydrogen-bond acceptors (Lipinski definition) is 2. The first kappa shape index (κ1) is 11.7. The van der Waals surface area contributed by atoms with Crippen LogP contribution in [-0.4, -0.2) is 13.2 Å². The molecule has 3 heteroatoms. The lowest BCUT2D eigenvalue weighted by atomic mass is 9.87. The summed E-state index contributed by atoms with van der Waals surface area (Å²) in [5, 5.41) is 0.738. The number of ether oxygens (including phenoxy) is 1. The highest BCUT2D eigenvalue weighted by Gasteiger charge is 2.33. The van der Waals surface area contributed by atoms with Gasteiger partial charge in [-0.1, -0.05) is 24.4 Å². The van der Waals surface area contributed by atoms with Gasteiger partial charge in [0, 0.05) is 17.0 Å². The van der Waals surface area contributed by atoms with Crippen LogP contribution < -0.4 is 10.5 Å². The highest BCUT2D eigenvalue weighted by Crippen LogP contribution is 2.37. The van der Waals surface area contributed by atoms with Gasteiger partial charge in [-0.3, -0.25) is 0 Å². The van der Waals surface area contributed by atoms with Crippen molar-refractivity contribution >= 4 is 11.6 Å². The highest BCUT2D eigenvalue weighted by atomic mass is 35.5. The molecule has 16 heavy (non-hydrogen) atoms. The van der Waals surface area contributed by atoms with Crippen molar-refractivity contribution in [2.24, 2.45) is 11.1 Å². The molecule has 0 amide bonds. The summed E-state index contributed by atoms with van der Waals surface area (Å²) >= 11 is 5.82. The van der Waals surface area contributed by atoms with Crippen LogP contribution in [0.25, 0.3) is 0 Å². The van der Waals surface area contributed by atoms with Crippen LogP contribution in [0.4, 0.5) is 0 Å². The maximum absolute atomic E-state index is 5.86. The lowest BCUT2D eigenvalue weighted by Crippen LogP contribution is -2.33. The largest absolute Gasteiger partial charge is 0.493 e. The summed E-state index contributed by atoms with van der Waals surface area (Å²) in [6.45, 7) is 1.45. The molecule has 1 aliphatic rings. The van der Waals surface area contributed by atoms with Crippen molar-refractivity contribution in [2.45, 2.75) is 25.7 Å². The minimum Gasteiger partial charge on any atom is -0.493 e. The van der Waals surface area contributed by atoms with Crippen LogP contribution in [0.3, 0.4) is 0 Å². The van der Waals surface area contributed by atoms with Crippen LogP contribution in [0.2, 0.25) is 5.02 Å². The topological polar surface area (TPSA) is 35.2 Å². The van der Waals surface area contributed by atoms with Gasteiger partial charge >= 0.3 is 0 Å². The fourth-order valence-corrected chi connectivity index (χ4v) is 2.43. The van der Waals surface area contributed by atoms with Crippen molar-refractivity contribution < 1.29 is 4.74 Å². The van der Waals surface area contributed by atoms with E-state index in [9.17, 15) is 0 Å². The molecule has 2 rings (SSSR count). The number of nitrogens with two attached hydrogens (primary N) is 1. The first-order valence-corrected chi connectivity index (χ1v) is 6.20. The van der Waals surface area contributed by atoms with Gasteiger partial charge in [-0.05, 0) is 37.1 Å². The Morgan fingerprint density at radius 1 is 1.19 bits per heavy atom. The van der Waals surface area contributed by atoms with E-state index in [-0.39, 0.29) is 5.41 Å². The van der Waals surface area contributed by atoms with Gasteiger partial charge in [0.05, 0.1) is 6.61 Å². The molecule has 2 nitrogen and oxygen atoms in total. The van der Waals surface area contributed by atoms with Crippen molar-refractivity contribution in [3.05, 3.63) is 29.3 Å². The van der Waals surface area contributed by atoms with Gasteiger partial charge < -0.3 is 10.5 Å². The first-order chi connectivity index (χ1) is 7.74. The Morgan fingerprint density at radius 2 is 1.81 bits per heavy atom. The van der Waals surface area contributed by atoms with E-state index in [0.29, 0.717) is 0 Å². The van der Waals surface area contributed by atoms with E-state index < -0.39 is 0 Å². The molecular weight excluding hydrogens is 222 g/mol. The normalized spacial score (nSPS) is 18.6. The maximum atomic E-state index is 5.86. The Balaban J connectivity index is 1.93. The van der Waals surface area contributed by atoms with Crippen molar-refractivity contribution in [3.63, 3.8) is 0 Å². The van der Waals surface area contributed by atoms with Crippen LogP contribution in [0, 0.1) is 5.41 Å². The van der Waals surface area contributed by atoms with Gasteiger partial charge in [0.25, 0.3) is 0 Å². The second-order valence-corrected chi connectivity index (χ2v) is 5.09. The molecule has 0 atom stereocenters. The van der Waals surface area contributed by atoms with Crippen molar-refractivity contribution in [2.75, 3.05) is 13.2 Å². The van der Waals surface area contributed by atoms with E-state index in [1.54, 1.807) is 0 Å². The zero-order valence-electron chi connectivity index (χ0n) is 9.42. The fourth-order valence-electron chi connectivity index (χ4n) is 2.30. The Morgan fingerprint density at radius 3 is 2.38 bits per heavy atom. The molecule has 0 saturated heterocycles. The van der Waals surface area contributed by atoms with Crippen LogP contribution in [-0.2, 0) is 0 Å². The molecule has 0 aliphatic heterocycles. The van der Waals surface area contributed by atoms with Crippen LogP contribution in [0.5, 0.6) is 5.75 Å².